The summed E-state index contributed by atoms with van der Waals surface area (Å²) in [6, 6.07) is 9.30. The summed E-state index contributed by atoms with van der Waals surface area (Å²) in [7, 11) is 1.80. The van der Waals surface area contributed by atoms with Gasteiger partial charge in [0, 0.05) is 12.6 Å². The van der Waals surface area contributed by atoms with Crippen molar-refractivity contribution in [1.82, 2.24) is 10.2 Å². The van der Waals surface area contributed by atoms with Gasteiger partial charge in [-0.3, -0.25) is 4.79 Å². The van der Waals surface area contributed by atoms with Crippen molar-refractivity contribution in [2.24, 2.45) is 0 Å². The number of anilines is 1. The summed E-state index contributed by atoms with van der Waals surface area (Å²) >= 11 is 2.89. The first kappa shape index (κ1) is 13.0. The number of rotatable bonds is 5. The molecule has 0 fully saturated rings. The summed E-state index contributed by atoms with van der Waals surface area (Å²) in [4.78, 5) is 12.1. The Hall–Kier alpha value is -1.40. The standard InChI is InChI=1S/C12H13N3OS2/c1-8(10(16)9-6-4-3-5-7-9)17-12-15-14-11(13-2)18-12/h3-8H,1-2H3,(H,13,14). The smallest absolute Gasteiger partial charge is 0.206 e. The van der Waals surface area contributed by atoms with E-state index in [9.17, 15) is 4.79 Å². The summed E-state index contributed by atoms with van der Waals surface area (Å²) in [5.41, 5.74) is 0.732. The lowest BCUT2D eigenvalue weighted by Gasteiger charge is -2.07. The van der Waals surface area contributed by atoms with E-state index in [2.05, 4.69) is 15.5 Å². The maximum absolute atomic E-state index is 12.1. The maximum Gasteiger partial charge on any atom is 0.206 e. The van der Waals surface area contributed by atoms with Crippen molar-refractivity contribution in [3.8, 4) is 0 Å². The number of nitrogens with one attached hydrogen (secondary N) is 1. The second-order valence-electron chi connectivity index (χ2n) is 3.61. The van der Waals surface area contributed by atoms with Gasteiger partial charge in [0.25, 0.3) is 0 Å². The molecule has 0 aliphatic rings. The average molecular weight is 279 g/mol. The number of hydrogen-bond acceptors (Lipinski definition) is 6. The predicted molar refractivity (Wildman–Crippen MR) is 75.5 cm³/mol. The molecule has 0 spiro atoms. The van der Waals surface area contributed by atoms with Crippen molar-refractivity contribution < 1.29 is 4.79 Å². The largest absolute Gasteiger partial charge is 0.363 e. The SMILES string of the molecule is CNc1nnc(SC(C)C(=O)c2ccccc2)s1. The van der Waals surface area contributed by atoms with Crippen molar-refractivity contribution in [3.05, 3.63) is 35.9 Å². The number of nitrogens with zero attached hydrogens (tertiary/aromatic N) is 2. The van der Waals surface area contributed by atoms with Crippen LogP contribution >= 0.6 is 23.1 Å². The minimum absolute atomic E-state index is 0.113. The number of aromatic nitrogens is 2. The fraction of sp³-hybridized carbons (Fsp3) is 0.250. The molecule has 18 heavy (non-hydrogen) atoms. The third-order valence-electron chi connectivity index (χ3n) is 2.33. The van der Waals surface area contributed by atoms with Gasteiger partial charge in [-0.2, -0.15) is 0 Å². The van der Waals surface area contributed by atoms with E-state index < -0.39 is 0 Å². The van der Waals surface area contributed by atoms with E-state index in [0.717, 1.165) is 15.0 Å². The molecule has 0 saturated heterocycles. The summed E-state index contributed by atoms with van der Waals surface area (Å²) < 4.78 is 0.802. The molecule has 6 heteroatoms. The molecule has 0 radical (unpaired) electrons. The summed E-state index contributed by atoms with van der Waals surface area (Å²) in [6.45, 7) is 1.89. The lowest BCUT2D eigenvalue weighted by atomic mass is 10.1. The van der Waals surface area contributed by atoms with Crippen LogP contribution in [0.15, 0.2) is 34.7 Å². The quantitative estimate of drug-likeness (QED) is 0.673. The van der Waals surface area contributed by atoms with Crippen LogP contribution < -0.4 is 5.32 Å². The number of ketones is 1. The van der Waals surface area contributed by atoms with E-state index >= 15 is 0 Å². The number of thioether (sulfide) groups is 1. The van der Waals surface area contributed by atoms with Crippen LogP contribution in [0.2, 0.25) is 0 Å². The molecule has 0 saturated carbocycles. The number of carbonyl (C=O) groups excluding carboxylic acids is 1. The summed E-state index contributed by atoms with van der Waals surface area (Å²) in [5.74, 6) is 0.113. The highest BCUT2D eigenvalue weighted by molar-refractivity contribution is 8.02. The van der Waals surface area contributed by atoms with Crippen molar-refractivity contribution in [2.45, 2.75) is 16.5 Å². The van der Waals surface area contributed by atoms with Crippen molar-refractivity contribution in [2.75, 3.05) is 12.4 Å². The number of carbonyl (C=O) groups is 1. The molecule has 0 amide bonds. The highest BCUT2D eigenvalue weighted by Gasteiger charge is 2.18. The van der Waals surface area contributed by atoms with Gasteiger partial charge in [-0.1, -0.05) is 53.4 Å². The monoisotopic (exact) mass is 279 g/mol. The van der Waals surface area contributed by atoms with Gasteiger partial charge in [0.15, 0.2) is 10.1 Å². The normalized spacial score (nSPS) is 12.1. The van der Waals surface area contributed by atoms with Gasteiger partial charge in [0.05, 0.1) is 5.25 Å². The van der Waals surface area contributed by atoms with E-state index in [1.165, 1.54) is 23.1 Å². The highest BCUT2D eigenvalue weighted by Crippen LogP contribution is 2.29. The van der Waals surface area contributed by atoms with Gasteiger partial charge in [0.2, 0.25) is 5.13 Å². The van der Waals surface area contributed by atoms with Crippen molar-refractivity contribution >= 4 is 34.0 Å². The molecule has 2 rings (SSSR count). The Morgan fingerprint density at radius 1 is 1.33 bits per heavy atom. The van der Waals surface area contributed by atoms with E-state index in [0.29, 0.717) is 0 Å². The van der Waals surface area contributed by atoms with E-state index in [4.69, 9.17) is 0 Å². The summed E-state index contributed by atoms with van der Waals surface area (Å²) in [5, 5.41) is 11.5. The molecule has 1 heterocycles. The molecular formula is C12H13N3OS2. The van der Waals surface area contributed by atoms with Gasteiger partial charge < -0.3 is 5.32 Å². The molecular weight excluding hydrogens is 266 g/mol. The van der Waals surface area contributed by atoms with Gasteiger partial charge in [-0.25, -0.2) is 0 Å². The number of Topliss-reactive ketones (excluding diaryl/α,β-unsaturated/α-hetero) is 1. The van der Waals surface area contributed by atoms with E-state index in [1.807, 2.05) is 37.3 Å². The Kier molecular flexibility index (Phi) is 4.33. The molecule has 1 atom stereocenters. The lowest BCUT2D eigenvalue weighted by molar-refractivity contribution is 0.0994. The van der Waals surface area contributed by atoms with Crippen LogP contribution in [-0.4, -0.2) is 28.3 Å². The van der Waals surface area contributed by atoms with Gasteiger partial charge in [-0.05, 0) is 6.92 Å². The van der Waals surface area contributed by atoms with Gasteiger partial charge >= 0.3 is 0 Å². The molecule has 1 aromatic carbocycles. The van der Waals surface area contributed by atoms with E-state index in [1.54, 1.807) is 7.05 Å². The topological polar surface area (TPSA) is 54.9 Å². The molecule has 1 N–H and O–H groups in total. The first-order valence-electron chi connectivity index (χ1n) is 5.48. The molecule has 4 nitrogen and oxygen atoms in total. The molecule has 0 aliphatic heterocycles. The third-order valence-corrected chi connectivity index (χ3v) is 4.45. The molecule has 94 valence electrons. The lowest BCUT2D eigenvalue weighted by Crippen LogP contribution is -2.13. The molecule has 1 aromatic heterocycles. The van der Waals surface area contributed by atoms with Crippen molar-refractivity contribution in [1.29, 1.82) is 0 Å². The van der Waals surface area contributed by atoms with Crippen LogP contribution in [0.3, 0.4) is 0 Å². The van der Waals surface area contributed by atoms with Crippen LogP contribution in [0.4, 0.5) is 5.13 Å². The van der Waals surface area contributed by atoms with Crippen LogP contribution in [-0.2, 0) is 0 Å². The molecule has 0 aliphatic carbocycles. The zero-order valence-electron chi connectivity index (χ0n) is 10.1. The van der Waals surface area contributed by atoms with Crippen LogP contribution in [0.5, 0.6) is 0 Å². The summed E-state index contributed by atoms with van der Waals surface area (Å²) in [6.07, 6.45) is 0. The average Bonchev–Trinajstić information content (AvgIpc) is 2.86. The fourth-order valence-electron chi connectivity index (χ4n) is 1.40. The zero-order chi connectivity index (χ0) is 13.0. The van der Waals surface area contributed by atoms with Crippen LogP contribution in [0, 0.1) is 0 Å². The Morgan fingerprint density at radius 2 is 2.06 bits per heavy atom. The zero-order valence-corrected chi connectivity index (χ0v) is 11.7. The van der Waals surface area contributed by atoms with Gasteiger partial charge in [0.1, 0.15) is 0 Å². The van der Waals surface area contributed by atoms with Crippen LogP contribution in [0.1, 0.15) is 17.3 Å². The predicted octanol–water partition coefficient (Wildman–Crippen LogP) is 2.94. The Balaban J connectivity index is 2.03. The Labute approximate surface area is 114 Å². The molecule has 0 bridgehead atoms. The van der Waals surface area contributed by atoms with E-state index in [-0.39, 0.29) is 11.0 Å². The Bertz CT molecular complexity index is 527. The molecule has 2 aromatic rings. The van der Waals surface area contributed by atoms with Crippen molar-refractivity contribution in [3.63, 3.8) is 0 Å². The maximum atomic E-state index is 12.1. The third kappa shape index (κ3) is 3.08. The Morgan fingerprint density at radius 3 is 2.67 bits per heavy atom. The minimum atomic E-state index is -0.162. The highest BCUT2D eigenvalue weighted by atomic mass is 32.2. The first-order chi connectivity index (χ1) is 8.70. The molecule has 1 unspecified atom stereocenters. The second-order valence-corrected chi connectivity index (χ2v) is 6.18. The fourth-order valence-corrected chi connectivity index (χ4v) is 3.33. The van der Waals surface area contributed by atoms with Gasteiger partial charge in [-0.15, -0.1) is 10.2 Å². The second kappa shape index (κ2) is 5.97. The van der Waals surface area contributed by atoms with Crippen LogP contribution in [0.25, 0.3) is 0 Å². The minimum Gasteiger partial charge on any atom is -0.363 e. The number of hydrogen-bond donors (Lipinski definition) is 1. The first-order valence-corrected chi connectivity index (χ1v) is 7.17. The number of benzene rings is 1.